The molecule has 0 spiro atoms. The molecule has 0 saturated carbocycles. The molecule has 0 atom stereocenters. The van der Waals surface area contributed by atoms with Crippen LogP contribution in [0.1, 0.15) is 25.8 Å². The van der Waals surface area contributed by atoms with E-state index in [0.717, 1.165) is 37.7 Å². The fourth-order valence-corrected chi connectivity index (χ4v) is 2.13. The number of nitrogens with zero attached hydrogens (tertiary/aromatic N) is 2. The molecule has 1 aromatic carbocycles. The van der Waals surface area contributed by atoms with Crippen molar-refractivity contribution in [3.63, 3.8) is 0 Å². The summed E-state index contributed by atoms with van der Waals surface area (Å²) in [4.78, 5) is 6.57. The van der Waals surface area contributed by atoms with Gasteiger partial charge in [0.05, 0.1) is 0 Å². The SMILES string of the molecule is CCCN(CC)CCNC(=NC)NCc1cccc(F)c1. The van der Waals surface area contributed by atoms with Crippen molar-refractivity contribution in [3.8, 4) is 0 Å². The zero-order chi connectivity index (χ0) is 15.5. The molecule has 0 bridgehead atoms. The van der Waals surface area contributed by atoms with E-state index in [-0.39, 0.29) is 5.82 Å². The van der Waals surface area contributed by atoms with Crippen LogP contribution >= 0.6 is 0 Å². The summed E-state index contributed by atoms with van der Waals surface area (Å²) >= 11 is 0. The lowest BCUT2D eigenvalue weighted by atomic mass is 10.2. The number of halogens is 1. The van der Waals surface area contributed by atoms with Gasteiger partial charge in [-0.1, -0.05) is 26.0 Å². The average molecular weight is 294 g/mol. The Balaban J connectivity index is 2.32. The number of likely N-dealkylation sites (N-methyl/N-ethyl adjacent to an activating group) is 1. The molecule has 0 fully saturated rings. The predicted octanol–water partition coefficient (Wildman–Crippen LogP) is 2.22. The van der Waals surface area contributed by atoms with E-state index >= 15 is 0 Å². The van der Waals surface area contributed by atoms with Crippen LogP contribution in [0.2, 0.25) is 0 Å². The van der Waals surface area contributed by atoms with E-state index < -0.39 is 0 Å². The van der Waals surface area contributed by atoms with E-state index in [1.54, 1.807) is 13.1 Å². The molecule has 0 aliphatic heterocycles. The standard InChI is InChI=1S/C16H27FN4/c1-4-10-21(5-2)11-9-19-16(18-3)20-13-14-7-6-8-15(17)12-14/h6-8,12H,4-5,9-11,13H2,1-3H3,(H2,18,19,20). The zero-order valence-electron chi connectivity index (χ0n) is 13.3. The molecule has 0 radical (unpaired) electrons. The topological polar surface area (TPSA) is 39.7 Å². The van der Waals surface area contributed by atoms with Gasteiger partial charge < -0.3 is 15.5 Å². The smallest absolute Gasteiger partial charge is 0.191 e. The molecule has 0 saturated heterocycles. The highest BCUT2D eigenvalue weighted by molar-refractivity contribution is 5.79. The third-order valence-electron chi connectivity index (χ3n) is 3.28. The minimum absolute atomic E-state index is 0.213. The molecule has 0 unspecified atom stereocenters. The molecule has 0 aliphatic carbocycles. The number of benzene rings is 1. The lowest BCUT2D eigenvalue weighted by molar-refractivity contribution is 0.293. The van der Waals surface area contributed by atoms with E-state index in [4.69, 9.17) is 0 Å². The van der Waals surface area contributed by atoms with Gasteiger partial charge in [0.15, 0.2) is 5.96 Å². The number of aliphatic imine (C=N–C) groups is 1. The second-order valence-electron chi connectivity index (χ2n) is 4.92. The largest absolute Gasteiger partial charge is 0.355 e. The van der Waals surface area contributed by atoms with Gasteiger partial charge in [0, 0.05) is 26.7 Å². The quantitative estimate of drug-likeness (QED) is 0.570. The highest BCUT2D eigenvalue weighted by atomic mass is 19.1. The highest BCUT2D eigenvalue weighted by Gasteiger charge is 2.02. The molecule has 1 aromatic rings. The van der Waals surface area contributed by atoms with E-state index in [9.17, 15) is 4.39 Å². The van der Waals surface area contributed by atoms with E-state index in [1.807, 2.05) is 6.07 Å². The lowest BCUT2D eigenvalue weighted by Crippen LogP contribution is -2.41. The van der Waals surface area contributed by atoms with Gasteiger partial charge in [0.1, 0.15) is 5.82 Å². The van der Waals surface area contributed by atoms with Gasteiger partial charge in [-0.2, -0.15) is 0 Å². The predicted molar refractivity (Wildman–Crippen MR) is 87.0 cm³/mol. The summed E-state index contributed by atoms with van der Waals surface area (Å²) in [6.45, 7) is 8.94. The number of rotatable bonds is 8. The Kier molecular flexibility index (Phi) is 8.43. The first-order valence-electron chi connectivity index (χ1n) is 7.60. The number of guanidine groups is 1. The van der Waals surface area contributed by atoms with Crippen molar-refractivity contribution in [1.29, 1.82) is 0 Å². The fraction of sp³-hybridized carbons (Fsp3) is 0.562. The van der Waals surface area contributed by atoms with Crippen molar-refractivity contribution in [1.82, 2.24) is 15.5 Å². The maximum absolute atomic E-state index is 13.1. The van der Waals surface area contributed by atoms with Crippen LogP contribution in [0.5, 0.6) is 0 Å². The summed E-state index contributed by atoms with van der Waals surface area (Å²) in [5.41, 5.74) is 0.902. The van der Waals surface area contributed by atoms with Gasteiger partial charge in [0.2, 0.25) is 0 Å². The van der Waals surface area contributed by atoms with Crippen LogP contribution < -0.4 is 10.6 Å². The summed E-state index contributed by atoms with van der Waals surface area (Å²) in [5, 5.41) is 6.47. The van der Waals surface area contributed by atoms with Crippen LogP contribution in [0.25, 0.3) is 0 Å². The molecule has 0 heterocycles. The normalized spacial score (nSPS) is 11.8. The van der Waals surface area contributed by atoms with Crippen molar-refractivity contribution in [2.75, 3.05) is 33.2 Å². The average Bonchev–Trinajstić information content (AvgIpc) is 2.49. The molecule has 2 N–H and O–H groups in total. The monoisotopic (exact) mass is 294 g/mol. The van der Waals surface area contributed by atoms with E-state index in [2.05, 4.69) is 34.4 Å². The second-order valence-corrected chi connectivity index (χ2v) is 4.92. The summed E-state index contributed by atoms with van der Waals surface area (Å²) in [6.07, 6.45) is 1.17. The van der Waals surface area contributed by atoms with Crippen molar-refractivity contribution < 1.29 is 4.39 Å². The minimum atomic E-state index is -0.213. The summed E-state index contributed by atoms with van der Waals surface area (Å²) < 4.78 is 13.1. The Morgan fingerprint density at radius 1 is 1.24 bits per heavy atom. The van der Waals surface area contributed by atoms with Gasteiger partial charge in [-0.3, -0.25) is 4.99 Å². The molecule has 0 aliphatic rings. The Morgan fingerprint density at radius 2 is 2.05 bits per heavy atom. The maximum atomic E-state index is 13.1. The first-order valence-corrected chi connectivity index (χ1v) is 7.60. The first-order chi connectivity index (χ1) is 10.2. The number of hydrogen-bond donors (Lipinski definition) is 2. The van der Waals surface area contributed by atoms with Crippen molar-refractivity contribution in [2.24, 2.45) is 4.99 Å². The fourth-order valence-electron chi connectivity index (χ4n) is 2.13. The molecule has 21 heavy (non-hydrogen) atoms. The second kappa shape index (κ2) is 10.2. The van der Waals surface area contributed by atoms with Crippen molar-refractivity contribution in [3.05, 3.63) is 35.6 Å². The molecule has 1 rings (SSSR count). The first kappa shape index (κ1) is 17.4. The Morgan fingerprint density at radius 3 is 2.67 bits per heavy atom. The van der Waals surface area contributed by atoms with Crippen LogP contribution in [0.3, 0.4) is 0 Å². The molecule has 5 heteroatoms. The summed E-state index contributed by atoms with van der Waals surface area (Å²) in [5.74, 6) is 0.530. The molecular weight excluding hydrogens is 267 g/mol. The van der Waals surface area contributed by atoms with Gasteiger partial charge in [0.25, 0.3) is 0 Å². The van der Waals surface area contributed by atoms with Crippen LogP contribution in [0.4, 0.5) is 4.39 Å². The van der Waals surface area contributed by atoms with Crippen LogP contribution in [0.15, 0.2) is 29.3 Å². The summed E-state index contributed by atoms with van der Waals surface area (Å²) in [7, 11) is 1.74. The third-order valence-corrected chi connectivity index (χ3v) is 3.28. The number of nitrogens with one attached hydrogen (secondary N) is 2. The van der Waals surface area contributed by atoms with E-state index in [0.29, 0.717) is 6.54 Å². The molecule has 0 amide bonds. The van der Waals surface area contributed by atoms with Crippen LogP contribution in [-0.4, -0.2) is 44.1 Å². The zero-order valence-corrected chi connectivity index (χ0v) is 13.3. The van der Waals surface area contributed by atoms with Gasteiger partial charge in [-0.15, -0.1) is 0 Å². The number of hydrogen-bond acceptors (Lipinski definition) is 2. The lowest BCUT2D eigenvalue weighted by Gasteiger charge is -2.20. The molecule has 4 nitrogen and oxygen atoms in total. The van der Waals surface area contributed by atoms with E-state index in [1.165, 1.54) is 18.6 Å². The van der Waals surface area contributed by atoms with Crippen molar-refractivity contribution in [2.45, 2.75) is 26.8 Å². The summed E-state index contributed by atoms with van der Waals surface area (Å²) in [6, 6.07) is 6.58. The van der Waals surface area contributed by atoms with Crippen molar-refractivity contribution >= 4 is 5.96 Å². The van der Waals surface area contributed by atoms with Gasteiger partial charge >= 0.3 is 0 Å². The highest BCUT2D eigenvalue weighted by Crippen LogP contribution is 2.02. The van der Waals surface area contributed by atoms with Crippen LogP contribution in [0, 0.1) is 5.82 Å². The molecule has 0 aromatic heterocycles. The van der Waals surface area contributed by atoms with Gasteiger partial charge in [-0.05, 0) is 37.2 Å². The maximum Gasteiger partial charge on any atom is 0.191 e. The van der Waals surface area contributed by atoms with Gasteiger partial charge in [-0.25, -0.2) is 4.39 Å². The Labute approximate surface area is 127 Å². The third kappa shape index (κ3) is 7.09. The molecule has 118 valence electrons. The van der Waals surface area contributed by atoms with Crippen LogP contribution in [-0.2, 0) is 6.54 Å². The Bertz CT molecular complexity index is 434. The molecular formula is C16H27FN4. The minimum Gasteiger partial charge on any atom is -0.355 e. The Hall–Kier alpha value is -1.62.